The van der Waals surface area contributed by atoms with E-state index in [9.17, 15) is 0 Å². The highest BCUT2D eigenvalue weighted by Gasteiger charge is 2.15. The Bertz CT molecular complexity index is 528. The second-order valence-corrected chi connectivity index (χ2v) is 5.56. The second-order valence-electron chi connectivity index (χ2n) is 4.30. The summed E-state index contributed by atoms with van der Waals surface area (Å²) in [4.78, 5) is 0. The molecule has 0 N–H and O–H groups in total. The van der Waals surface area contributed by atoms with E-state index in [1.165, 1.54) is 0 Å². The average molecular weight is 315 g/mol. The highest BCUT2D eigenvalue weighted by molar-refractivity contribution is 9.10. The first-order valence-electron chi connectivity index (χ1n) is 5.37. The standard InChI is InChI=1S/C12H13BrClN3/c1-7(2)11-15-16-12(14)17(11)10-5-8(3)4-9(13)6-10/h4-7H,1-3H3. The van der Waals surface area contributed by atoms with Crippen molar-refractivity contribution >= 4 is 27.5 Å². The largest absolute Gasteiger partial charge is 0.269 e. The van der Waals surface area contributed by atoms with Crippen molar-refractivity contribution in [3.05, 3.63) is 39.3 Å². The molecule has 0 fully saturated rings. The summed E-state index contributed by atoms with van der Waals surface area (Å²) in [6.07, 6.45) is 0. The molecule has 0 radical (unpaired) electrons. The zero-order chi connectivity index (χ0) is 12.6. The molecule has 1 aromatic heterocycles. The molecule has 0 aliphatic heterocycles. The Balaban J connectivity index is 2.63. The van der Waals surface area contributed by atoms with Crippen molar-refractivity contribution in [2.75, 3.05) is 0 Å². The summed E-state index contributed by atoms with van der Waals surface area (Å²) < 4.78 is 2.90. The summed E-state index contributed by atoms with van der Waals surface area (Å²) >= 11 is 9.59. The molecular formula is C12H13BrClN3. The van der Waals surface area contributed by atoms with E-state index in [0.29, 0.717) is 5.28 Å². The Morgan fingerprint density at radius 1 is 1.24 bits per heavy atom. The van der Waals surface area contributed by atoms with Gasteiger partial charge < -0.3 is 0 Å². The number of hydrogen-bond acceptors (Lipinski definition) is 2. The summed E-state index contributed by atoms with van der Waals surface area (Å²) in [7, 11) is 0. The summed E-state index contributed by atoms with van der Waals surface area (Å²) in [6, 6.07) is 6.12. The van der Waals surface area contributed by atoms with E-state index in [-0.39, 0.29) is 5.92 Å². The molecule has 0 unspecified atom stereocenters. The zero-order valence-electron chi connectivity index (χ0n) is 9.91. The van der Waals surface area contributed by atoms with Crippen LogP contribution < -0.4 is 0 Å². The maximum absolute atomic E-state index is 6.10. The zero-order valence-corrected chi connectivity index (χ0v) is 12.2. The van der Waals surface area contributed by atoms with Crippen molar-refractivity contribution in [2.24, 2.45) is 0 Å². The third kappa shape index (κ3) is 2.53. The van der Waals surface area contributed by atoms with Crippen LogP contribution in [-0.4, -0.2) is 14.8 Å². The van der Waals surface area contributed by atoms with Crippen LogP contribution in [0.5, 0.6) is 0 Å². The van der Waals surface area contributed by atoms with Crippen molar-refractivity contribution in [2.45, 2.75) is 26.7 Å². The van der Waals surface area contributed by atoms with Gasteiger partial charge in [-0.3, -0.25) is 4.57 Å². The maximum atomic E-state index is 6.10. The van der Waals surface area contributed by atoms with Crippen molar-refractivity contribution in [3.8, 4) is 5.69 Å². The van der Waals surface area contributed by atoms with E-state index in [0.717, 1.165) is 21.5 Å². The van der Waals surface area contributed by atoms with Crippen molar-refractivity contribution < 1.29 is 0 Å². The van der Waals surface area contributed by atoms with Gasteiger partial charge in [0.2, 0.25) is 5.28 Å². The van der Waals surface area contributed by atoms with Crippen molar-refractivity contribution in [1.29, 1.82) is 0 Å². The SMILES string of the molecule is Cc1cc(Br)cc(-n2c(Cl)nnc2C(C)C)c1. The van der Waals surface area contributed by atoms with E-state index in [1.54, 1.807) is 0 Å². The van der Waals surface area contributed by atoms with Crippen LogP contribution in [0.25, 0.3) is 5.69 Å². The van der Waals surface area contributed by atoms with E-state index in [2.05, 4.69) is 52.1 Å². The lowest BCUT2D eigenvalue weighted by molar-refractivity contribution is 0.745. The third-order valence-corrected chi connectivity index (χ3v) is 3.15. The number of rotatable bonds is 2. The fourth-order valence-corrected chi connectivity index (χ4v) is 2.55. The topological polar surface area (TPSA) is 30.7 Å². The minimum absolute atomic E-state index is 0.272. The number of aryl methyl sites for hydroxylation is 1. The molecule has 0 spiro atoms. The number of benzene rings is 1. The molecule has 0 saturated heterocycles. The number of nitrogens with zero attached hydrogens (tertiary/aromatic N) is 3. The van der Waals surface area contributed by atoms with Gasteiger partial charge in [-0.1, -0.05) is 29.8 Å². The lowest BCUT2D eigenvalue weighted by atomic mass is 10.2. The Morgan fingerprint density at radius 3 is 2.53 bits per heavy atom. The van der Waals surface area contributed by atoms with Gasteiger partial charge in [-0.2, -0.15) is 0 Å². The first kappa shape index (κ1) is 12.6. The Hall–Kier alpha value is -0.870. The van der Waals surface area contributed by atoms with E-state index in [4.69, 9.17) is 11.6 Å². The molecule has 0 bridgehead atoms. The van der Waals surface area contributed by atoms with Gasteiger partial charge in [0.25, 0.3) is 0 Å². The number of hydrogen-bond donors (Lipinski definition) is 0. The predicted molar refractivity (Wildman–Crippen MR) is 72.9 cm³/mol. The van der Waals surface area contributed by atoms with Crippen molar-refractivity contribution in [3.63, 3.8) is 0 Å². The molecular weight excluding hydrogens is 302 g/mol. The van der Waals surface area contributed by atoms with Crippen molar-refractivity contribution in [1.82, 2.24) is 14.8 Å². The van der Waals surface area contributed by atoms with E-state index in [1.807, 2.05) is 17.6 Å². The third-order valence-electron chi connectivity index (χ3n) is 2.45. The normalized spacial score (nSPS) is 11.2. The summed E-state index contributed by atoms with van der Waals surface area (Å²) in [5.74, 6) is 1.14. The van der Waals surface area contributed by atoms with Crippen LogP contribution in [0.15, 0.2) is 22.7 Å². The molecule has 1 aromatic carbocycles. The molecule has 3 nitrogen and oxygen atoms in total. The van der Waals surface area contributed by atoms with Crippen LogP contribution in [0.4, 0.5) is 0 Å². The van der Waals surface area contributed by atoms with E-state index >= 15 is 0 Å². The summed E-state index contributed by atoms with van der Waals surface area (Å²) in [6.45, 7) is 6.19. The molecule has 0 saturated carbocycles. The smallest absolute Gasteiger partial charge is 0.229 e. The highest BCUT2D eigenvalue weighted by Crippen LogP contribution is 2.25. The number of aromatic nitrogens is 3. The van der Waals surface area contributed by atoms with Gasteiger partial charge in [-0.25, -0.2) is 0 Å². The fourth-order valence-electron chi connectivity index (χ4n) is 1.74. The molecule has 0 aliphatic carbocycles. The predicted octanol–water partition coefficient (Wildman–Crippen LogP) is 4.12. The Labute approximate surface area is 114 Å². The van der Waals surface area contributed by atoms with Gasteiger partial charge in [0.15, 0.2) is 0 Å². The molecule has 0 atom stereocenters. The van der Waals surface area contributed by atoms with Gasteiger partial charge >= 0.3 is 0 Å². The lowest BCUT2D eigenvalue weighted by Gasteiger charge is -2.11. The van der Waals surface area contributed by atoms with Gasteiger partial charge in [-0.05, 0) is 42.3 Å². The molecule has 17 heavy (non-hydrogen) atoms. The van der Waals surface area contributed by atoms with Crippen LogP contribution in [0.3, 0.4) is 0 Å². The maximum Gasteiger partial charge on any atom is 0.229 e. The molecule has 0 aliphatic rings. The minimum atomic E-state index is 0.272. The molecule has 2 rings (SSSR count). The van der Waals surface area contributed by atoms with E-state index < -0.39 is 0 Å². The monoisotopic (exact) mass is 313 g/mol. The highest BCUT2D eigenvalue weighted by atomic mass is 79.9. The quantitative estimate of drug-likeness (QED) is 0.835. The molecule has 90 valence electrons. The Kier molecular flexibility index (Phi) is 3.54. The van der Waals surface area contributed by atoms with Crippen LogP contribution >= 0.6 is 27.5 Å². The molecule has 0 amide bonds. The molecule has 1 heterocycles. The number of halogens is 2. The lowest BCUT2D eigenvalue weighted by Crippen LogP contribution is -2.03. The van der Waals surface area contributed by atoms with Gasteiger partial charge in [0, 0.05) is 10.4 Å². The van der Waals surface area contributed by atoms with Gasteiger partial charge in [-0.15, -0.1) is 10.2 Å². The van der Waals surface area contributed by atoms with Crippen LogP contribution in [0, 0.1) is 6.92 Å². The average Bonchev–Trinajstić information content (AvgIpc) is 2.58. The van der Waals surface area contributed by atoms with Gasteiger partial charge in [0.05, 0.1) is 5.69 Å². The van der Waals surface area contributed by atoms with Crippen LogP contribution in [0.2, 0.25) is 5.28 Å². The first-order chi connectivity index (χ1) is 7.99. The van der Waals surface area contributed by atoms with Gasteiger partial charge in [0.1, 0.15) is 5.82 Å². The Morgan fingerprint density at radius 2 is 1.94 bits per heavy atom. The molecule has 5 heteroatoms. The summed E-state index contributed by atoms with van der Waals surface area (Å²) in [5, 5.41) is 8.45. The van der Waals surface area contributed by atoms with Crippen LogP contribution in [-0.2, 0) is 0 Å². The minimum Gasteiger partial charge on any atom is -0.269 e. The molecule has 2 aromatic rings. The van der Waals surface area contributed by atoms with Crippen LogP contribution in [0.1, 0.15) is 31.2 Å². The first-order valence-corrected chi connectivity index (χ1v) is 6.54. The summed E-state index contributed by atoms with van der Waals surface area (Å²) in [5.41, 5.74) is 2.14. The fraction of sp³-hybridized carbons (Fsp3) is 0.333. The second kappa shape index (κ2) is 4.78.